The molecule has 2 rings (SSSR count). The first-order chi connectivity index (χ1) is 8.86. The van der Waals surface area contributed by atoms with Gasteiger partial charge in [-0.05, 0) is 30.3 Å². The summed E-state index contributed by atoms with van der Waals surface area (Å²) in [7, 11) is -3.78. The van der Waals surface area contributed by atoms with Crippen LogP contribution in [0.2, 0.25) is 4.34 Å². The van der Waals surface area contributed by atoms with E-state index in [0.29, 0.717) is 6.54 Å². The number of anilines is 2. The van der Waals surface area contributed by atoms with Crippen LogP contribution in [0.4, 0.5) is 11.4 Å². The van der Waals surface area contributed by atoms with E-state index in [-0.39, 0.29) is 10.6 Å². The van der Waals surface area contributed by atoms with Crippen LogP contribution >= 0.6 is 22.9 Å². The molecule has 0 fully saturated rings. The molecule has 0 aliphatic rings. The van der Waals surface area contributed by atoms with Gasteiger partial charge in [-0.25, -0.2) is 13.6 Å². The van der Waals surface area contributed by atoms with Gasteiger partial charge < -0.3 is 11.1 Å². The Kier molecular flexibility index (Phi) is 4.00. The van der Waals surface area contributed by atoms with E-state index >= 15 is 0 Å². The molecule has 1 aromatic heterocycles. The monoisotopic (exact) mass is 317 g/mol. The van der Waals surface area contributed by atoms with Gasteiger partial charge in [-0.2, -0.15) is 0 Å². The number of primary sulfonamides is 1. The van der Waals surface area contributed by atoms with Gasteiger partial charge in [0.15, 0.2) is 0 Å². The molecule has 0 radical (unpaired) electrons. The van der Waals surface area contributed by atoms with Crippen LogP contribution < -0.4 is 16.2 Å². The summed E-state index contributed by atoms with van der Waals surface area (Å²) >= 11 is 7.30. The van der Waals surface area contributed by atoms with Crippen molar-refractivity contribution in [2.75, 3.05) is 11.1 Å². The maximum absolute atomic E-state index is 11.2. The second-order valence-corrected chi connectivity index (χ2v) is 7.19. The molecule has 0 saturated heterocycles. The molecule has 0 bridgehead atoms. The molecule has 1 aromatic carbocycles. The second kappa shape index (κ2) is 5.38. The summed E-state index contributed by atoms with van der Waals surface area (Å²) in [5.41, 5.74) is 6.50. The Labute approximate surface area is 120 Å². The van der Waals surface area contributed by atoms with Crippen molar-refractivity contribution in [2.24, 2.45) is 5.14 Å². The van der Waals surface area contributed by atoms with Crippen molar-refractivity contribution in [3.05, 3.63) is 39.5 Å². The fraction of sp³-hybridized carbons (Fsp3) is 0.0909. The van der Waals surface area contributed by atoms with Gasteiger partial charge in [-0.1, -0.05) is 11.6 Å². The third kappa shape index (κ3) is 3.60. The Balaban J connectivity index is 2.12. The van der Waals surface area contributed by atoms with Gasteiger partial charge in [0.05, 0.1) is 10.0 Å². The van der Waals surface area contributed by atoms with Crippen molar-refractivity contribution in [2.45, 2.75) is 11.4 Å². The number of halogens is 1. The standard InChI is InChI=1S/C11H12ClN3O2S2/c12-11-4-2-8(18-11)6-15-7-1-3-10(9(13)5-7)19(14,16)17/h1-5,15H,6,13H2,(H2,14,16,17). The lowest BCUT2D eigenvalue weighted by Crippen LogP contribution is -2.14. The zero-order valence-corrected chi connectivity index (χ0v) is 12.1. The average Bonchev–Trinajstić information content (AvgIpc) is 2.71. The summed E-state index contributed by atoms with van der Waals surface area (Å²) in [4.78, 5) is 0.997. The molecule has 0 aliphatic heterocycles. The SMILES string of the molecule is Nc1cc(NCc2ccc(Cl)s2)ccc1S(N)(=O)=O. The number of nitrogens with two attached hydrogens (primary N) is 2. The highest BCUT2D eigenvalue weighted by Crippen LogP contribution is 2.24. The number of nitrogens with one attached hydrogen (secondary N) is 1. The van der Waals surface area contributed by atoms with Crippen molar-refractivity contribution in [1.82, 2.24) is 0 Å². The Bertz CT molecular complexity index is 698. The maximum atomic E-state index is 11.2. The molecular weight excluding hydrogens is 306 g/mol. The third-order valence-corrected chi connectivity index (χ3v) is 4.63. The lowest BCUT2D eigenvalue weighted by molar-refractivity contribution is 0.598. The molecule has 1 heterocycles. The van der Waals surface area contributed by atoms with Gasteiger partial charge >= 0.3 is 0 Å². The molecule has 0 aliphatic carbocycles. The molecule has 0 unspecified atom stereocenters. The van der Waals surface area contributed by atoms with Crippen molar-refractivity contribution in [1.29, 1.82) is 0 Å². The van der Waals surface area contributed by atoms with Crippen LogP contribution in [0.1, 0.15) is 4.88 Å². The molecule has 0 saturated carbocycles. The maximum Gasteiger partial charge on any atom is 0.240 e. The van der Waals surface area contributed by atoms with E-state index in [0.717, 1.165) is 14.9 Å². The molecule has 0 spiro atoms. The molecule has 8 heteroatoms. The van der Waals surface area contributed by atoms with E-state index < -0.39 is 10.0 Å². The van der Waals surface area contributed by atoms with Gasteiger partial charge in [0.2, 0.25) is 10.0 Å². The minimum absolute atomic E-state index is 0.0720. The van der Waals surface area contributed by atoms with Crippen LogP contribution in [0.3, 0.4) is 0 Å². The summed E-state index contributed by atoms with van der Waals surface area (Å²) in [6, 6.07) is 8.28. The minimum Gasteiger partial charge on any atom is -0.398 e. The average molecular weight is 318 g/mol. The van der Waals surface area contributed by atoms with Crippen LogP contribution in [0.15, 0.2) is 35.2 Å². The van der Waals surface area contributed by atoms with Crippen molar-refractivity contribution < 1.29 is 8.42 Å². The van der Waals surface area contributed by atoms with E-state index in [1.807, 2.05) is 12.1 Å². The fourth-order valence-electron chi connectivity index (χ4n) is 1.55. The summed E-state index contributed by atoms with van der Waals surface area (Å²) in [6.45, 7) is 0.589. The lowest BCUT2D eigenvalue weighted by atomic mass is 10.3. The first-order valence-corrected chi connectivity index (χ1v) is 8.01. The van der Waals surface area contributed by atoms with Crippen LogP contribution in [-0.4, -0.2) is 8.42 Å². The zero-order valence-electron chi connectivity index (χ0n) is 9.76. The van der Waals surface area contributed by atoms with Crippen LogP contribution in [0.5, 0.6) is 0 Å². The van der Waals surface area contributed by atoms with Crippen molar-refractivity contribution in [3.8, 4) is 0 Å². The number of nitrogen functional groups attached to an aromatic ring is 1. The van der Waals surface area contributed by atoms with E-state index in [1.54, 1.807) is 6.07 Å². The number of rotatable bonds is 4. The summed E-state index contributed by atoms with van der Waals surface area (Å²) in [5, 5.41) is 8.16. The smallest absolute Gasteiger partial charge is 0.240 e. The van der Waals surface area contributed by atoms with Gasteiger partial charge in [-0.3, -0.25) is 0 Å². The molecule has 102 valence electrons. The minimum atomic E-state index is -3.78. The highest BCUT2D eigenvalue weighted by Gasteiger charge is 2.12. The van der Waals surface area contributed by atoms with Crippen LogP contribution in [-0.2, 0) is 16.6 Å². The quantitative estimate of drug-likeness (QED) is 0.753. The van der Waals surface area contributed by atoms with E-state index in [2.05, 4.69) is 5.32 Å². The summed E-state index contributed by atoms with van der Waals surface area (Å²) in [5.74, 6) is 0. The topological polar surface area (TPSA) is 98.2 Å². The number of benzene rings is 1. The lowest BCUT2D eigenvalue weighted by Gasteiger charge is -2.08. The predicted molar refractivity (Wildman–Crippen MR) is 78.9 cm³/mol. The molecule has 19 heavy (non-hydrogen) atoms. The number of hydrogen-bond donors (Lipinski definition) is 3. The molecule has 0 amide bonds. The Morgan fingerprint density at radius 1 is 1.26 bits per heavy atom. The van der Waals surface area contributed by atoms with E-state index in [9.17, 15) is 8.42 Å². The van der Waals surface area contributed by atoms with Gasteiger partial charge in [0.25, 0.3) is 0 Å². The summed E-state index contributed by atoms with van der Waals surface area (Å²) in [6.07, 6.45) is 0. The molecular formula is C11H12ClN3O2S2. The highest BCUT2D eigenvalue weighted by molar-refractivity contribution is 7.89. The van der Waals surface area contributed by atoms with E-state index in [1.165, 1.54) is 23.5 Å². The molecule has 5 N–H and O–H groups in total. The predicted octanol–water partition coefficient (Wildman–Crippen LogP) is 2.24. The number of thiophene rings is 1. The van der Waals surface area contributed by atoms with Gasteiger partial charge in [-0.15, -0.1) is 11.3 Å². The highest BCUT2D eigenvalue weighted by atomic mass is 35.5. The third-order valence-electron chi connectivity index (χ3n) is 2.41. The normalized spacial score (nSPS) is 11.5. The first-order valence-electron chi connectivity index (χ1n) is 5.26. The zero-order chi connectivity index (χ0) is 14.0. The number of hydrogen-bond acceptors (Lipinski definition) is 5. The van der Waals surface area contributed by atoms with Crippen molar-refractivity contribution >= 4 is 44.3 Å². The van der Waals surface area contributed by atoms with Crippen LogP contribution in [0, 0.1) is 0 Å². The van der Waals surface area contributed by atoms with Crippen LogP contribution in [0.25, 0.3) is 0 Å². The van der Waals surface area contributed by atoms with Gasteiger partial charge in [0, 0.05) is 17.1 Å². The molecule has 2 aromatic rings. The Morgan fingerprint density at radius 2 is 2.00 bits per heavy atom. The fourth-order valence-corrected chi connectivity index (χ4v) is 3.23. The number of sulfonamides is 1. The Hall–Kier alpha value is -1.28. The molecule has 0 atom stereocenters. The first kappa shape index (κ1) is 14.1. The van der Waals surface area contributed by atoms with E-state index in [4.69, 9.17) is 22.5 Å². The second-order valence-electron chi connectivity index (χ2n) is 3.86. The largest absolute Gasteiger partial charge is 0.398 e. The van der Waals surface area contributed by atoms with Crippen molar-refractivity contribution in [3.63, 3.8) is 0 Å². The van der Waals surface area contributed by atoms with Gasteiger partial charge in [0.1, 0.15) is 4.90 Å². The summed E-state index contributed by atoms with van der Waals surface area (Å²) < 4.78 is 23.1. The Morgan fingerprint density at radius 3 is 2.53 bits per heavy atom. The molecule has 5 nitrogen and oxygen atoms in total.